The molecule has 76 valence electrons. The van der Waals surface area contributed by atoms with Crippen LogP contribution in [-0.4, -0.2) is 24.5 Å². The molecule has 0 spiro atoms. The van der Waals surface area contributed by atoms with Crippen molar-refractivity contribution in [2.24, 2.45) is 0 Å². The van der Waals surface area contributed by atoms with Gasteiger partial charge in [-0.3, -0.25) is 9.80 Å². The Morgan fingerprint density at radius 1 is 1.43 bits per heavy atom. The molecule has 1 rings (SSSR count). The van der Waals surface area contributed by atoms with E-state index in [0.717, 1.165) is 17.7 Å². The number of hydrogen-bond donors (Lipinski definition) is 1. The molecule has 0 aliphatic carbocycles. The number of nitrogens with one attached hydrogen (secondary N) is 1. The molecular formula is C11H16N2O. The number of nitrogens with zero attached hydrogens (tertiary/aromatic N) is 1. The van der Waals surface area contributed by atoms with Crippen LogP contribution in [0.15, 0.2) is 24.3 Å². The molecule has 3 nitrogen and oxygen atoms in total. The molecule has 1 aromatic rings. The van der Waals surface area contributed by atoms with Gasteiger partial charge in [0.25, 0.3) is 5.91 Å². The minimum absolute atomic E-state index is 0.00458. The Morgan fingerprint density at radius 3 is 2.64 bits per heavy atom. The van der Waals surface area contributed by atoms with Gasteiger partial charge in [0.15, 0.2) is 0 Å². The number of hydrogen-bond acceptors (Lipinski definition) is 2. The number of hydrazine groups is 1. The van der Waals surface area contributed by atoms with Crippen LogP contribution in [0.5, 0.6) is 0 Å². The van der Waals surface area contributed by atoms with E-state index in [1.165, 1.54) is 5.01 Å². The van der Waals surface area contributed by atoms with Gasteiger partial charge in [-0.25, -0.2) is 5.43 Å². The molecule has 1 amide bonds. The fraction of sp³-hybridized carbons (Fsp3) is 0.364. The summed E-state index contributed by atoms with van der Waals surface area (Å²) in [5.41, 5.74) is 4.70. The maximum Gasteiger partial charge on any atom is 0.267 e. The number of carbonyl (C=O) groups excluding carboxylic acids is 1. The molecule has 0 heterocycles. The van der Waals surface area contributed by atoms with E-state index in [2.05, 4.69) is 5.43 Å². The zero-order chi connectivity index (χ0) is 10.6. The van der Waals surface area contributed by atoms with Crippen LogP contribution in [0.2, 0.25) is 0 Å². The third kappa shape index (κ3) is 2.33. The first-order valence-corrected chi connectivity index (χ1v) is 4.74. The lowest BCUT2D eigenvalue weighted by atomic mass is 10.1. The van der Waals surface area contributed by atoms with E-state index in [1.54, 1.807) is 7.05 Å². The molecule has 14 heavy (non-hydrogen) atoms. The van der Waals surface area contributed by atoms with E-state index < -0.39 is 0 Å². The highest BCUT2D eigenvalue weighted by atomic mass is 16.2. The zero-order valence-corrected chi connectivity index (χ0v) is 8.87. The summed E-state index contributed by atoms with van der Waals surface area (Å²) in [4.78, 5) is 11.8. The second-order valence-corrected chi connectivity index (χ2v) is 3.19. The summed E-state index contributed by atoms with van der Waals surface area (Å²) in [6.45, 7) is 4.64. The second-order valence-electron chi connectivity index (χ2n) is 3.19. The van der Waals surface area contributed by atoms with Crippen molar-refractivity contribution in [3.8, 4) is 0 Å². The van der Waals surface area contributed by atoms with Crippen molar-refractivity contribution >= 4 is 5.91 Å². The molecule has 3 heteroatoms. The SMILES string of the molecule is CCNN(C)C(=O)c1ccccc1C. The fourth-order valence-electron chi connectivity index (χ4n) is 1.30. The van der Waals surface area contributed by atoms with E-state index in [4.69, 9.17) is 0 Å². The number of carbonyl (C=O) groups is 1. The van der Waals surface area contributed by atoms with Crippen molar-refractivity contribution in [2.45, 2.75) is 13.8 Å². The highest BCUT2D eigenvalue weighted by molar-refractivity contribution is 5.95. The standard InChI is InChI=1S/C11H16N2O/c1-4-12-13(3)11(14)10-8-6-5-7-9(10)2/h5-8,12H,4H2,1-3H3. The molecule has 0 saturated carbocycles. The van der Waals surface area contributed by atoms with Crippen molar-refractivity contribution in [3.05, 3.63) is 35.4 Å². The molecule has 0 unspecified atom stereocenters. The van der Waals surface area contributed by atoms with Gasteiger partial charge < -0.3 is 0 Å². The monoisotopic (exact) mass is 192 g/mol. The molecule has 0 bridgehead atoms. The molecular weight excluding hydrogens is 176 g/mol. The summed E-state index contributed by atoms with van der Waals surface area (Å²) in [7, 11) is 1.73. The molecule has 0 saturated heterocycles. The summed E-state index contributed by atoms with van der Waals surface area (Å²) in [6.07, 6.45) is 0. The van der Waals surface area contributed by atoms with E-state index in [1.807, 2.05) is 38.1 Å². The summed E-state index contributed by atoms with van der Waals surface area (Å²) < 4.78 is 0. The summed E-state index contributed by atoms with van der Waals surface area (Å²) >= 11 is 0. The summed E-state index contributed by atoms with van der Waals surface area (Å²) in [6, 6.07) is 7.58. The van der Waals surface area contributed by atoms with Gasteiger partial charge in [-0.2, -0.15) is 0 Å². The number of aryl methyl sites for hydroxylation is 1. The lowest BCUT2D eigenvalue weighted by molar-refractivity contribution is 0.0720. The average Bonchev–Trinajstić information content (AvgIpc) is 2.18. The van der Waals surface area contributed by atoms with Gasteiger partial charge in [-0.15, -0.1) is 0 Å². The van der Waals surface area contributed by atoms with E-state index >= 15 is 0 Å². The van der Waals surface area contributed by atoms with Gasteiger partial charge >= 0.3 is 0 Å². The maximum atomic E-state index is 11.8. The summed E-state index contributed by atoms with van der Waals surface area (Å²) in [5, 5.41) is 1.52. The molecule has 0 atom stereocenters. The predicted octanol–water partition coefficient (Wildman–Crippen LogP) is 1.59. The highest BCUT2D eigenvalue weighted by Crippen LogP contribution is 2.08. The first kappa shape index (κ1) is 10.7. The van der Waals surface area contributed by atoms with Gasteiger partial charge in [0.2, 0.25) is 0 Å². The van der Waals surface area contributed by atoms with Gasteiger partial charge in [0, 0.05) is 19.2 Å². The average molecular weight is 192 g/mol. The Hall–Kier alpha value is -1.35. The molecule has 0 aliphatic heterocycles. The smallest absolute Gasteiger partial charge is 0.267 e. The second kappa shape index (κ2) is 4.77. The van der Waals surface area contributed by atoms with Crippen LogP contribution in [0, 0.1) is 6.92 Å². The van der Waals surface area contributed by atoms with Crippen LogP contribution in [0.4, 0.5) is 0 Å². The Morgan fingerprint density at radius 2 is 2.07 bits per heavy atom. The maximum absolute atomic E-state index is 11.8. The Balaban J connectivity index is 2.84. The van der Waals surface area contributed by atoms with Crippen LogP contribution in [0.1, 0.15) is 22.8 Å². The van der Waals surface area contributed by atoms with Gasteiger partial charge in [0.05, 0.1) is 0 Å². The lowest BCUT2D eigenvalue weighted by Gasteiger charge is -2.18. The Labute approximate surface area is 84.7 Å². The molecule has 0 radical (unpaired) electrons. The van der Waals surface area contributed by atoms with Crippen molar-refractivity contribution < 1.29 is 4.79 Å². The van der Waals surface area contributed by atoms with E-state index in [9.17, 15) is 4.79 Å². The van der Waals surface area contributed by atoms with Crippen molar-refractivity contribution in [3.63, 3.8) is 0 Å². The van der Waals surface area contributed by atoms with Crippen LogP contribution < -0.4 is 5.43 Å². The quantitative estimate of drug-likeness (QED) is 0.738. The third-order valence-corrected chi connectivity index (χ3v) is 2.08. The predicted molar refractivity (Wildman–Crippen MR) is 56.9 cm³/mol. The van der Waals surface area contributed by atoms with Gasteiger partial charge in [0.1, 0.15) is 0 Å². The van der Waals surface area contributed by atoms with Gasteiger partial charge in [-0.05, 0) is 18.6 Å². The molecule has 1 N–H and O–H groups in total. The molecule has 0 aliphatic rings. The van der Waals surface area contributed by atoms with Crippen LogP contribution >= 0.6 is 0 Å². The van der Waals surface area contributed by atoms with Crippen molar-refractivity contribution in [1.82, 2.24) is 10.4 Å². The van der Waals surface area contributed by atoms with Crippen LogP contribution in [-0.2, 0) is 0 Å². The Kier molecular flexibility index (Phi) is 3.65. The first-order valence-electron chi connectivity index (χ1n) is 4.74. The first-order chi connectivity index (χ1) is 6.66. The van der Waals surface area contributed by atoms with Gasteiger partial charge in [-0.1, -0.05) is 25.1 Å². The summed E-state index contributed by atoms with van der Waals surface area (Å²) in [5.74, 6) is 0.00458. The topological polar surface area (TPSA) is 32.3 Å². The normalized spacial score (nSPS) is 9.93. The minimum atomic E-state index is 0.00458. The fourth-order valence-corrected chi connectivity index (χ4v) is 1.30. The number of benzene rings is 1. The molecule has 0 aromatic heterocycles. The Bertz CT molecular complexity index is 323. The largest absolute Gasteiger partial charge is 0.277 e. The highest BCUT2D eigenvalue weighted by Gasteiger charge is 2.11. The zero-order valence-electron chi connectivity index (χ0n) is 8.87. The third-order valence-electron chi connectivity index (χ3n) is 2.08. The van der Waals surface area contributed by atoms with Crippen LogP contribution in [0.25, 0.3) is 0 Å². The number of amides is 1. The molecule has 1 aromatic carbocycles. The van der Waals surface area contributed by atoms with E-state index in [0.29, 0.717) is 0 Å². The number of rotatable bonds is 3. The van der Waals surface area contributed by atoms with Crippen LogP contribution in [0.3, 0.4) is 0 Å². The minimum Gasteiger partial charge on any atom is -0.277 e. The lowest BCUT2D eigenvalue weighted by Crippen LogP contribution is -2.39. The molecule has 0 fully saturated rings. The van der Waals surface area contributed by atoms with Crippen molar-refractivity contribution in [2.75, 3.05) is 13.6 Å². The van der Waals surface area contributed by atoms with Crippen molar-refractivity contribution in [1.29, 1.82) is 0 Å². The van der Waals surface area contributed by atoms with E-state index in [-0.39, 0.29) is 5.91 Å².